The minimum atomic E-state index is -0.770. The van der Waals surface area contributed by atoms with Crippen LogP contribution in [0.4, 0.5) is 21.7 Å². The molecule has 3 aromatic rings. The van der Waals surface area contributed by atoms with Crippen LogP contribution in [0, 0.1) is 5.82 Å². The highest BCUT2D eigenvalue weighted by atomic mass is 19.1. The molecule has 3 heterocycles. The average molecular weight is 397 g/mol. The Morgan fingerprint density at radius 1 is 1.28 bits per heavy atom. The Morgan fingerprint density at radius 2 is 2.07 bits per heavy atom. The molecule has 6 N–H and O–H groups in total. The Kier molecular flexibility index (Phi) is 5.06. The molecule has 29 heavy (non-hydrogen) atoms. The first-order chi connectivity index (χ1) is 13.9. The van der Waals surface area contributed by atoms with Crippen LogP contribution in [0.15, 0.2) is 30.6 Å². The number of fused-ring (bicyclic) bond motifs is 1. The van der Waals surface area contributed by atoms with Crippen LogP contribution in [-0.4, -0.2) is 32.5 Å². The fourth-order valence-electron chi connectivity index (χ4n) is 3.75. The van der Waals surface area contributed by atoms with E-state index in [1.807, 2.05) is 29.9 Å². The maximum absolute atomic E-state index is 14.6. The standard InChI is InChI=1S/C20H24FN7O/c1-28-7-6-11-8-12(10-24-20(11)28)25-18-13(17(23)29)9-14(21)19(27-18)26-16-5-3-2-4-15(16)22/h6-10,15-16H,2-5,22H2,1H3,(H2,23,29)(H2,25,26,27)/t15-,16?/m0/s1. The topological polar surface area (TPSA) is 124 Å². The molecular weight excluding hydrogens is 373 g/mol. The van der Waals surface area contributed by atoms with Crippen molar-refractivity contribution in [1.29, 1.82) is 0 Å². The molecule has 0 spiro atoms. The van der Waals surface area contributed by atoms with Gasteiger partial charge >= 0.3 is 0 Å². The van der Waals surface area contributed by atoms with Crippen LogP contribution in [-0.2, 0) is 7.05 Å². The third-order valence-corrected chi connectivity index (χ3v) is 5.35. The van der Waals surface area contributed by atoms with Crippen LogP contribution in [0.2, 0.25) is 0 Å². The lowest BCUT2D eigenvalue weighted by molar-refractivity contribution is 0.100. The maximum atomic E-state index is 14.6. The number of hydrogen-bond donors (Lipinski definition) is 4. The van der Waals surface area contributed by atoms with Gasteiger partial charge in [0.1, 0.15) is 11.5 Å². The smallest absolute Gasteiger partial charge is 0.252 e. The highest BCUT2D eigenvalue weighted by Gasteiger charge is 2.24. The van der Waals surface area contributed by atoms with E-state index in [2.05, 4.69) is 20.6 Å². The highest BCUT2D eigenvalue weighted by molar-refractivity contribution is 5.98. The number of pyridine rings is 2. The molecule has 0 aromatic carbocycles. The van der Waals surface area contributed by atoms with Gasteiger partial charge in [-0.15, -0.1) is 0 Å². The number of rotatable bonds is 5. The maximum Gasteiger partial charge on any atom is 0.252 e. The monoisotopic (exact) mass is 397 g/mol. The molecule has 152 valence electrons. The molecule has 1 fully saturated rings. The van der Waals surface area contributed by atoms with Crippen LogP contribution < -0.4 is 22.1 Å². The molecule has 8 nitrogen and oxygen atoms in total. The first kappa shape index (κ1) is 19.1. The van der Waals surface area contributed by atoms with E-state index >= 15 is 0 Å². The van der Waals surface area contributed by atoms with Crippen molar-refractivity contribution in [3.05, 3.63) is 42.0 Å². The number of amides is 1. The van der Waals surface area contributed by atoms with Crippen LogP contribution in [0.5, 0.6) is 0 Å². The van der Waals surface area contributed by atoms with Gasteiger partial charge in [-0.1, -0.05) is 12.8 Å². The zero-order valence-corrected chi connectivity index (χ0v) is 16.2. The van der Waals surface area contributed by atoms with Crippen molar-refractivity contribution in [3.63, 3.8) is 0 Å². The molecule has 9 heteroatoms. The zero-order chi connectivity index (χ0) is 20.5. The number of nitrogens with one attached hydrogen (secondary N) is 2. The van der Waals surface area contributed by atoms with Gasteiger partial charge in [0.15, 0.2) is 11.6 Å². The molecule has 1 amide bonds. The molecule has 0 radical (unpaired) electrons. The Labute approximate surface area is 167 Å². The van der Waals surface area contributed by atoms with E-state index in [9.17, 15) is 9.18 Å². The summed E-state index contributed by atoms with van der Waals surface area (Å²) >= 11 is 0. The fourth-order valence-corrected chi connectivity index (χ4v) is 3.75. The normalized spacial score (nSPS) is 19.3. The van der Waals surface area contributed by atoms with E-state index in [0.29, 0.717) is 5.69 Å². The van der Waals surface area contributed by atoms with Gasteiger partial charge < -0.3 is 26.7 Å². The summed E-state index contributed by atoms with van der Waals surface area (Å²) in [6.45, 7) is 0. The summed E-state index contributed by atoms with van der Waals surface area (Å²) in [5, 5.41) is 7.07. The molecule has 1 aliphatic rings. The van der Waals surface area contributed by atoms with Gasteiger partial charge in [0, 0.05) is 30.7 Å². The van der Waals surface area contributed by atoms with Crippen molar-refractivity contribution in [2.45, 2.75) is 37.8 Å². The van der Waals surface area contributed by atoms with Gasteiger partial charge in [-0.2, -0.15) is 0 Å². The van der Waals surface area contributed by atoms with E-state index in [1.165, 1.54) is 0 Å². The Hall–Kier alpha value is -3.20. The fraction of sp³-hybridized carbons (Fsp3) is 0.350. The van der Waals surface area contributed by atoms with Crippen LogP contribution in [0.3, 0.4) is 0 Å². The number of primary amides is 1. The minimum absolute atomic E-state index is 0.0332. The number of halogens is 1. The molecule has 4 rings (SSSR count). The number of anilines is 3. The Balaban J connectivity index is 1.67. The zero-order valence-electron chi connectivity index (χ0n) is 16.2. The lowest BCUT2D eigenvalue weighted by atomic mass is 9.91. The first-order valence-corrected chi connectivity index (χ1v) is 9.63. The van der Waals surface area contributed by atoms with E-state index in [4.69, 9.17) is 11.5 Å². The molecule has 0 saturated heterocycles. The van der Waals surface area contributed by atoms with Gasteiger partial charge in [-0.05, 0) is 31.0 Å². The minimum Gasteiger partial charge on any atom is -0.365 e. The second kappa shape index (κ2) is 7.67. The number of carbonyl (C=O) groups is 1. The van der Waals surface area contributed by atoms with Crippen molar-refractivity contribution in [3.8, 4) is 0 Å². The number of aryl methyl sites for hydroxylation is 1. The average Bonchev–Trinajstić information content (AvgIpc) is 3.06. The number of carbonyl (C=O) groups excluding carboxylic acids is 1. The predicted molar refractivity (Wildman–Crippen MR) is 111 cm³/mol. The first-order valence-electron chi connectivity index (χ1n) is 9.63. The van der Waals surface area contributed by atoms with Crippen LogP contribution in [0.1, 0.15) is 36.0 Å². The van der Waals surface area contributed by atoms with Crippen molar-refractivity contribution >= 4 is 34.3 Å². The van der Waals surface area contributed by atoms with Crippen molar-refractivity contribution in [2.75, 3.05) is 10.6 Å². The largest absolute Gasteiger partial charge is 0.365 e. The molecule has 0 aliphatic heterocycles. The second-order valence-electron chi connectivity index (χ2n) is 7.47. The summed E-state index contributed by atoms with van der Waals surface area (Å²) in [7, 11) is 1.91. The third-order valence-electron chi connectivity index (χ3n) is 5.35. The third kappa shape index (κ3) is 3.86. The van der Waals surface area contributed by atoms with Gasteiger partial charge in [-0.3, -0.25) is 4.79 Å². The molecule has 1 unspecified atom stereocenters. The summed E-state index contributed by atoms with van der Waals surface area (Å²) in [5.41, 5.74) is 13.0. The summed E-state index contributed by atoms with van der Waals surface area (Å²) in [5.74, 6) is -1.19. The summed E-state index contributed by atoms with van der Waals surface area (Å²) in [6.07, 6.45) is 7.35. The van der Waals surface area contributed by atoms with Gasteiger partial charge in [0.2, 0.25) is 0 Å². The van der Waals surface area contributed by atoms with Crippen LogP contribution in [0.25, 0.3) is 11.0 Å². The summed E-state index contributed by atoms with van der Waals surface area (Å²) in [6, 6.07) is 4.77. The Morgan fingerprint density at radius 3 is 2.83 bits per heavy atom. The van der Waals surface area contributed by atoms with E-state index in [0.717, 1.165) is 42.8 Å². The number of hydrogen-bond acceptors (Lipinski definition) is 6. The Bertz CT molecular complexity index is 1060. The number of aromatic nitrogens is 3. The van der Waals surface area contributed by atoms with Crippen molar-refractivity contribution in [2.24, 2.45) is 18.5 Å². The molecule has 0 bridgehead atoms. The highest BCUT2D eigenvalue weighted by Crippen LogP contribution is 2.27. The predicted octanol–water partition coefficient (Wildman–Crippen LogP) is 2.63. The molecule has 3 aromatic heterocycles. The van der Waals surface area contributed by atoms with E-state index in [1.54, 1.807) is 6.20 Å². The van der Waals surface area contributed by atoms with Gasteiger partial charge in [-0.25, -0.2) is 14.4 Å². The van der Waals surface area contributed by atoms with Gasteiger partial charge in [0.25, 0.3) is 5.91 Å². The molecule has 2 atom stereocenters. The van der Waals surface area contributed by atoms with Crippen molar-refractivity contribution in [1.82, 2.24) is 14.5 Å². The molecule has 1 saturated carbocycles. The summed E-state index contributed by atoms with van der Waals surface area (Å²) < 4.78 is 16.5. The van der Waals surface area contributed by atoms with Gasteiger partial charge in [0.05, 0.1) is 17.4 Å². The lowest BCUT2D eigenvalue weighted by Crippen LogP contribution is -2.43. The van der Waals surface area contributed by atoms with Crippen molar-refractivity contribution < 1.29 is 9.18 Å². The second-order valence-corrected chi connectivity index (χ2v) is 7.47. The van der Waals surface area contributed by atoms with Crippen LogP contribution >= 0.6 is 0 Å². The number of nitrogens with two attached hydrogens (primary N) is 2. The molecular formula is C20H24FN7O. The van der Waals surface area contributed by atoms with E-state index in [-0.39, 0.29) is 29.3 Å². The SMILES string of the molecule is Cn1ccc2cc(Nc3nc(NC4CCCC[C@@H]4N)c(F)cc3C(N)=O)cnc21. The van der Waals surface area contributed by atoms with E-state index < -0.39 is 11.7 Å². The lowest BCUT2D eigenvalue weighted by Gasteiger charge is -2.30. The summed E-state index contributed by atoms with van der Waals surface area (Å²) in [4.78, 5) is 20.6. The quantitative estimate of drug-likeness (QED) is 0.525. The number of nitrogens with zero attached hydrogens (tertiary/aromatic N) is 3. The molecule has 1 aliphatic carbocycles.